The van der Waals surface area contributed by atoms with Gasteiger partial charge in [0, 0.05) is 5.56 Å². The SMILES string of the molecule is CCC(CC)Oc1cc(C)c(S(N)(=O)=O)cc1C(C)(C)C. The van der Waals surface area contributed by atoms with Crippen LogP contribution >= 0.6 is 0 Å². The molecule has 0 aliphatic rings. The van der Waals surface area contributed by atoms with E-state index < -0.39 is 10.0 Å². The van der Waals surface area contributed by atoms with Crippen molar-refractivity contribution in [2.24, 2.45) is 5.14 Å². The van der Waals surface area contributed by atoms with Crippen molar-refractivity contribution in [1.29, 1.82) is 0 Å². The van der Waals surface area contributed by atoms with Crippen molar-refractivity contribution >= 4 is 10.0 Å². The number of nitrogens with two attached hydrogens (primary N) is 1. The summed E-state index contributed by atoms with van der Waals surface area (Å²) in [6.45, 7) is 12.0. The van der Waals surface area contributed by atoms with Crippen LogP contribution in [0.2, 0.25) is 0 Å². The molecule has 0 aliphatic carbocycles. The van der Waals surface area contributed by atoms with E-state index in [1.54, 1.807) is 19.1 Å². The molecule has 4 nitrogen and oxygen atoms in total. The largest absolute Gasteiger partial charge is 0.490 e. The van der Waals surface area contributed by atoms with E-state index in [9.17, 15) is 8.42 Å². The highest BCUT2D eigenvalue weighted by molar-refractivity contribution is 7.89. The average molecular weight is 313 g/mol. The van der Waals surface area contributed by atoms with Gasteiger partial charge < -0.3 is 4.74 Å². The second kappa shape index (κ2) is 6.36. The molecule has 2 N–H and O–H groups in total. The highest BCUT2D eigenvalue weighted by atomic mass is 32.2. The smallest absolute Gasteiger partial charge is 0.238 e. The quantitative estimate of drug-likeness (QED) is 0.904. The molecule has 0 amide bonds. The molecule has 0 fully saturated rings. The van der Waals surface area contributed by atoms with E-state index in [0.29, 0.717) is 5.56 Å². The van der Waals surface area contributed by atoms with Crippen LogP contribution in [-0.2, 0) is 15.4 Å². The van der Waals surface area contributed by atoms with Crippen LogP contribution in [-0.4, -0.2) is 14.5 Å². The van der Waals surface area contributed by atoms with Gasteiger partial charge in [0.1, 0.15) is 5.75 Å². The molecule has 1 aromatic rings. The zero-order valence-corrected chi connectivity index (χ0v) is 14.7. The topological polar surface area (TPSA) is 69.4 Å². The summed E-state index contributed by atoms with van der Waals surface area (Å²) in [5, 5.41) is 5.30. The third-order valence-electron chi connectivity index (χ3n) is 3.60. The minimum Gasteiger partial charge on any atom is -0.490 e. The van der Waals surface area contributed by atoms with Gasteiger partial charge in [-0.1, -0.05) is 34.6 Å². The normalized spacial score (nSPS) is 12.8. The van der Waals surface area contributed by atoms with Gasteiger partial charge in [-0.2, -0.15) is 0 Å². The second-order valence-electron chi connectivity index (χ2n) is 6.47. The van der Waals surface area contributed by atoms with E-state index in [-0.39, 0.29) is 16.4 Å². The van der Waals surface area contributed by atoms with Gasteiger partial charge in [-0.15, -0.1) is 0 Å². The number of benzene rings is 1. The van der Waals surface area contributed by atoms with Crippen LogP contribution in [0.25, 0.3) is 0 Å². The number of hydrogen-bond donors (Lipinski definition) is 1. The van der Waals surface area contributed by atoms with Gasteiger partial charge in [-0.05, 0) is 42.9 Å². The zero-order chi connectivity index (χ0) is 16.4. The Morgan fingerprint density at radius 2 is 1.71 bits per heavy atom. The van der Waals surface area contributed by atoms with Crippen LogP contribution in [0, 0.1) is 6.92 Å². The zero-order valence-electron chi connectivity index (χ0n) is 13.9. The van der Waals surface area contributed by atoms with E-state index in [1.807, 2.05) is 20.8 Å². The number of ether oxygens (including phenoxy) is 1. The van der Waals surface area contributed by atoms with Gasteiger partial charge in [-0.25, -0.2) is 13.6 Å². The lowest BCUT2D eigenvalue weighted by molar-refractivity contribution is 0.188. The lowest BCUT2D eigenvalue weighted by Gasteiger charge is -2.27. The summed E-state index contributed by atoms with van der Waals surface area (Å²) < 4.78 is 29.5. The van der Waals surface area contributed by atoms with Crippen LogP contribution in [0.4, 0.5) is 0 Å². The Morgan fingerprint density at radius 3 is 2.10 bits per heavy atom. The maximum absolute atomic E-state index is 11.7. The van der Waals surface area contributed by atoms with Crippen molar-refractivity contribution in [3.8, 4) is 5.75 Å². The fourth-order valence-corrected chi connectivity index (χ4v) is 3.08. The Bertz CT molecular complexity index is 597. The minimum absolute atomic E-state index is 0.130. The van der Waals surface area contributed by atoms with Crippen molar-refractivity contribution in [1.82, 2.24) is 0 Å². The summed E-state index contributed by atoms with van der Waals surface area (Å²) in [6.07, 6.45) is 1.96. The number of primary sulfonamides is 1. The highest BCUT2D eigenvalue weighted by Gasteiger charge is 2.24. The van der Waals surface area contributed by atoms with Crippen molar-refractivity contribution in [2.45, 2.75) is 70.8 Å². The second-order valence-corrected chi connectivity index (χ2v) is 8.00. The maximum Gasteiger partial charge on any atom is 0.238 e. The Balaban J connectivity index is 3.47. The third-order valence-corrected chi connectivity index (χ3v) is 4.65. The first-order chi connectivity index (χ1) is 9.50. The van der Waals surface area contributed by atoms with Gasteiger partial charge in [0.2, 0.25) is 10.0 Å². The molecule has 0 saturated carbocycles. The summed E-state index contributed by atoms with van der Waals surface area (Å²) in [6, 6.07) is 3.45. The van der Waals surface area contributed by atoms with E-state index in [1.165, 1.54) is 0 Å². The lowest BCUT2D eigenvalue weighted by atomic mass is 9.85. The molecule has 0 heterocycles. The van der Waals surface area contributed by atoms with Gasteiger partial charge in [0.15, 0.2) is 0 Å². The maximum atomic E-state index is 11.7. The number of hydrogen-bond acceptors (Lipinski definition) is 3. The Kier molecular flexibility index (Phi) is 5.45. The van der Waals surface area contributed by atoms with Crippen molar-refractivity contribution in [3.05, 3.63) is 23.3 Å². The molecule has 0 atom stereocenters. The van der Waals surface area contributed by atoms with E-state index >= 15 is 0 Å². The summed E-state index contributed by atoms with van der Waals surface area (Å²) in [5.41, 5.74) is 1.25. The predicted molar refractivity (Wildman–Crippen MR) is 86.3 cm³/mol. The molecule has 0 saturated heterocycles. The van der Waals surface area contributed by atoms with Crippen LogP contribution in [0.5, 0.6) is 5.75 Å². The predicted octanol–water partition coefficient (Wildman–Crippen LogP) is 3.51. The number of sulfonamides is 1. The summed E-state index contributed by atoms with van der Waals surface area (Å²) >= 11 is 0. The van der Waals surface area contributed by atoms with Gasteiger partial charge in [-0.3, -0.25) is 0 Å². The van der Waals surface area contributed by atoms with Crippen LogP contribution in [0.1, 0.15) is 58.6 Å². The highest BCUT2D eigenvalue weighted by Crippen LogP contribution is 2.35. The molecule has 0 aliphatic heterocycles. The van der Waals surface area contributed by atoms with Gasteiger partial charge >= 0.3 is 0 Å². The molecular weight excluding hydrogens is 286 g/mol. The minimum atomic E-state index is -3.73. The molecule has 0 aromatic heterocycles. The molecule has 21 heavy (non-hydrogen) atoms. The van der Waals surface area contributed by atoms with Gasteiger partial charge in [0.25, 0.3) is 0 Å². The first kappa shape index (κ1) is 18.0. The van der Waals surface area contributed by atoms with E-state index in [2.05, 4.69) is 13.8 Å². The molecule has 1 rings (SSSR count). The molecular formula is C16H27NO3S. The summed E-state index contributed by atoms with van der Waals surface area (Å²) in [7, 11) is -3.73. The molecule has 5 heteroatoms. The number of rotatable bonds is 5. The molecule has 120 valence electrons. The fourth-order valence-electron chi connectivity index (χ4n) is 2.29. The first-order valence-corrected chi connectivity index (χ1v) is 8.89. The first-order valence-electron chi connectivity index (χ1n) is 7.35. The average Bonchev–Trinajstić information content (AvgIpc) is 2.32. The lowest BCUT2D eigenvalue weighted by Crippen LogP contribution is -2.21. The van der Waals surface area contributed by atoms with Crippen LogP contribution < -0.4 is 9.88 Å². The van der Waals surface area contributed by atoms with E-state index in [4.69, 9.17) is 9.88 Å². The molecule has 0 spiro atoms. The molecule has 0 bridgehead atoms. The summed E-state index contributed by atoms with van der Waals surface area (Å²) in [5.74, 6) is 0.751. The van der Waals surface area contributed by atoms with Gasteiger partial charge in [0.05, 0.1) is 11.0 Å². The van der Waals surface area contributed by atoms with E-state index in [0.717, 1.165) is 24.2 Å². The van der Waals surface area contributed by atoms with Crippen LogP contribution in [0.3, 0.4) is 0 Å². The molecule has 0 radical (unpaired) electrons. The standard InChI is InChI=1S/C16H27NO3S/c1-7-12(8-2)20-14-9-11(3)15(21(17,18)19)10-13(14)16(4,5)6/h9-10,12H,7-8H2,1-6H3,(H2,17,18,19). The van der Waals surface area contributed by atoms with Crippen LogP contribution in [0.15, 0.2) is 17.0 Å². The molecule has 1 aromatic carbocycles. The van der Waals surface area contributed by atoms with Crippen molar-refractivity contribution in [3.63, 3.8) is 0 Å². The fraction of sp³-hybridized carbons (Fsp3) is 0.625. The number of aryl methyl sites for hydroxylation is 1. The Labute approximate surface area is 128 Å². The van der Waals surface area contributed by atoms with Crippen molar-refractivity contribution < 1.29 is 13.2 Å². The summed E-state index contributed by atoms with van der Waals surface area (Å²) in [4.78, 5) is 0.171. The Morgan fingerprint density at radius 1 is 1.19 bits per heavy atom. The molecule has 0 unspecified atom stereocenters. The Hall–Kier alpha value is -1.07. The van der Waals surface area contributed by atoms with Crippen molar-refractivity contribution in [2.75, 3.05) is 0 Å². The third kappa shape index (κ3) is 4.45. The monoisotopic (exact) mass is 313 g/mol.